The molecule has 0 atom stereocenters. The highest BCUT2D eigenvalue weighted by Gasteiger charge is 2.24. The van der Waals surface area contributed by atoms with Gasteiger partial charge in [-0.1, -0.05) is 0 Å². The Morgan fingerprint density at radius 2 is 2.36 bits per heavy atom. The molecule has 60 valence electrons. The Morgan fingerprint density at radius 3 is 2.82 bits per heavy atom. The maximum absolute atomic E-state index is 12.9. The van der Waals surface area contributed by atoms with Crippen molar-refractivity contribution in [1.82, 2.24) is 10.2 Å². The maximum Gasteiger partial charge on any atom is 0.187 e. The van der Waals surface area contributed by atoms with Crippen molar-refractivity contribution in [3.05, 3.63) is 11.5 Å². The second kappa shape index (κ2) is 2.22. The largest absolute Gasteiger partial charge is 0.380 e. The molecule has 11 heavy (non-hydrogen) atoms. The summed E-state index contributed by atoms with van der Waals surface area (Å²) >= 11 is 0. The van der Waals surface area contributed by atoms with E-state index in [0.29, 0.717) is 11.6 Å². The number of nitrogens with two attached hydrogens (primary N) is 1. The lowest BCUT2D eigenvalue weighted by molar-refractivity contribution is 0.605. The van der Waals surface area contributed by atoms with Crippen LogP contribution in [-0.4, -0.2) is 10.2 Å². The third kappa shape index (κ3) is 1.20. The maximum atomic E-state index is 12.9. The van der Waals surface area contributed by atoms with Crippen LogP contribution in [0.2, 0.25) is 0 Å². The zero-order chi connectivity index (χ0) is 7.84. The Kier molecular flexibility index (Phi) is 1.34. The number of hydrogen-bond donors (Lipinski definition) is 2. The number of H-pyrrole nitrogens is 1. The first-order valence-corrected chi connectivity index (χ1v) is 3.75. The van der Waals surface area contributed by atoms with Gasteiger partial charge in [0.05, 0.1) is 5.69 Å². The molecular weight excluding hydrogens is 145 g/mol. The van der Waals surface area contributed by atoms with Crippen LogP contribution >= 0.6 is 0 Å². The number of nitrogens with one attached hydrogen (secondary N) is 1. The topological polar surface area (TPSA) is 54.7 Å². The van der Waals surface area contributed by atoms with Gasteiger partial charge in [0.15, 0.2) is 11.6 Å². The smallest absolute Gasteiger partial charge is 0.187 e. The first kappa shape index (κ1) is 6.64. The number of halogens is 1. The molecule has 1 aliphatic rings. The van der Waals surface area contributed by atoms with Gasteiger partial charge in [-0.25, -0.2) is 4.39 Å². The Labute approximate surface area is 63.8 Å². The molecule has 0 aliphatic heterocycles. The monoisotopic (exact) mass is 155 g/mol. The van der Waals surface area contributed by atoms with E-state index in [0.717, 1.165) is 6.42 Å². The van der Waals surface area contributed by atoms with E-state index in [2.05, 4.69) is 10.2 Å². The van der Waals surface area contributed by atoms with E-state index in [9.17, 15) is 4.39 Å². The second-order valence-electron chi connectivity index (χ2n) is 3.05. The minimum Gasteiger partial charge on any atom is -0.380 e. The Morgan fingerprint density at radius 1 is 1.64 bits per heavy atom. The summed E-state index contributed by atoms with van der Waals surface area (Å²) in [6.07, 6.45) is 3.17. The molecule has 1 aromatic heterocycles. The summed E-state index contributed by atoms with van der Waals surface area (Å²) in [6, 6.07) is 0. The van der Waals surface area contributed by atoms with Gasteiger partial charge in [0.2, 0.25) is 0 Å². The van der Waals surface area contributed by atoms with Crippen molar-refractivity contribution >= 4 is 5.82 Å². The van der Waals surface area contributed by atoms with Gasteiger partial charge >= 0.3 is 0 Å². The lowest BCUT2D eigenvalue weighted by Gasteiger charge is -1.91. The fourth-order valence-electron chi connectivity index (χ4n) is 1.13. The molecule has 0 bridgehead atoms. The van der Waals surface area contributed by atoms with E-state index in [1.54, 1.807) is 0 Å². The van der Waals surface area contributed by atoms with Crippen molar-refractivity contribution in [1.29, 1.82) is 0 Å². The summed E-state index contributed by atoms with van der Waals surface area (Å²) in [5.74, 6) is 0.280. The van der Waals surface area contributed by atoms with Crippen LogP contribution in [0.4, 0.5) is 10.2 Å². The lowest BCUT2D eigenvalue weighted by atomic mass is 10.2. The Hall–Kier alpha value is -1.06. The van der Waals surface area contributed by atoms with Crippen LogP contribution in [0.3, 0.4) is 0 Å². The zero-order valence-corrected chi connectivity index (χ0v) is 6.10. The quantitative estimate of drug-likeness (QED) is 0.671. The summed E-state index contributed by atoms with van der Waals surface area (Å²) in [6.45, 7) is 0. The minimum atomic E-state index is -0.364. The predicted molar refractivity (Wildman–Crippen MR) is 39.4 cm³/mol. The molecule has 0 radical (unpaired) electrons. The fourth-order valence-corrected chi connectivity index (χ4v) is 1.13. The molecule has 1 fully saturated rings. The number of hydrogen-bond acceptors (Lipinski definition) is 2. The molecular formula is C7H10FN3. The molecule has 1 aromatic rings. The van der Waals surface area contributed by atoms with Gasteiger partial charge in [-0.3, -0.25) is 5.10 Å². The van der Waals surface area contributed by atoms with Crippen LogP contribution in [0.15, 0.2) is 0 Å². The lowest BCUT2D eigenvalue weighted by Crippen LogP contribution is -1.91. The normalized spacial score (nSPS) is 17.2. The highest BCUT2D eigenvalue weighted by molar-refractivity contribution is 5.31. The molecule has 2 rings (SSSR count). The number of nitrogen functional groups attached to an aromatic ring is 1. The van der Waals surface area contributed by atoms with E-state index in [-0.39, 0.29) is 11.6 Å². The van der Waals surface area contributed by atoms with Crippen molar-refractivity contribution in [2.75, 3.05) is 5.73 Å². The molecule has 1 heterocycles. The van der Waals surface area contributed by atoms with Crippen LogP contribution in [0, 0.1) is 11.7 Å². The van der Waals surface area contributed by atoms with Crippen molar-refractivity contribution < 1.29 is 4.39 Å². The molecule has 0 saturated heterocycles. The highest BCUT2D eigenvalue weighted by Crippen LogP contribution is 2.33. The van der Waals surface area contributed by atoms with Gasteiger partial charge in [-0.05, 0) is 25.2 Å². The summed E-state index contributed by atoms with van der Waals surface area (Å²) in [5.41, 5.74) is 5.78. The van der Waals surface area contributed by atoms with Gasteiger partial charge < -0.3 is 5.73 Å². The first-order valence-electron chi connectivity index (χ1n) is 3.75. The van der Waals surface area contributed by atoms with Gasteiger partial charge in [-0.15, -0.1) is 0 Å². The van der Waals surface area contributed by atoms with E-state index < -0.39 is 0 Å². The fraction of sp³-hybridized carbons (Fsp3) is 0.571. The summed E-state index contributed by atoms with van der Waals surface area (Å²) in [4.78, 5) is 0. The SMILES string of the molecule is Nc1n[nH]c(CC2CC2)c1F. The Balaban J connectivity index is 2.15. The molecule has 3 nitrogen and oxygen atoms in total. The second-order valence-corrected chi connectivity index (χ2v) is 3.05. The highest BCUT2D eigenvalue weighted by atomic mass is 19.1. The number of rotatable bonds is 2. The van der Waals surface area contributed by atoms with Crippen LogP contribution in [-0.2, 0) is 6.42 Å². The van der Waals surface area contributed by atoms with Gasteiger partial charge in [0.25, 0.3) is 0 Å². The van der Waals surface area contributed by atoms with Crippen LogP contribution in [0.1, 0.15) is 18.5 Å². The van der Waals surface area contributed by atoms with Crippen LogP contribution in [0.25, 0.3) is 0 Å². The van der Waals surface area contributed by atoms with Gasteiger partial charge in [0, 0.05) is 0 Å². The predicted octanol–water partition coefficient (Wildman–Crippen LogP) is 1.08. The van der Waals surface area contributed by atoms with Gasteiger partial charge in [-0.2, -0.15) is 5.10 Å². The number of aromatic amines is 1. The third-order valence-corrected chi connectivity index (χ3v) is 1.99. The summed E-state index contributed by atoms with van der Waals surface area (Å²) in [5, 5.41) is 6.17. The van der Waals surface area contributed by atoms with Crippen molar-refractivity contribution in [3.8, 4) is 0 Å². The average molecular weight is 155 g/mol. The third-order valence-electron chi connectivity index (χ3n) is 1.99. The molecule has 0 unspecified atom stereocenters. The van der Waals surface area contributed by atoms with E-state index in [1.165, 1.54) is 12.8 Å². The molecule has 0 aromatic carbocycles. The number of nitrogens with zero attached hydrogens (tertiary/aromatic N) is 1. The molecule has 1 saturated carbocycles. The van der Waals surface area contributed by atoms with Crippen LogP contribution in [0.5, 0.6) is 0 Å². The molecule has 1 aliphatic carbocycles. The summed E-state index contributed by atoms with van der Waals surface area (Å²) < 4.78 is 12.9. The van der Waals surface area contributed by atoms with E-state index in [1.807, 2.05) is 0 Å². The van der Waals surface area contributed by atoms with Crippen LogP contribution < -0.4 is 5.73 Å². The number of aromatic nitrogens is 2. The summed E-state index contributed by atoms with van der Waals surface area (Å²) in [7, 11) is 0. The average Bonchev–Trinajstić information content (AvgIpc) is 2.74. The van der Waals surface area contributed by atoms with Gasteiger partial charge in [0.1, 0.15) is 0 Å². The molecule has 3 N–H and O–H groups in total. The minimum absolute atomic E-state index is 0.0133. The van der Waals surface area contributed by atoms with E-state index in [4.69, 9.17) is 5.73 Å². The first-order chi connectivity index (χ1) is 5.27. The van der Waals surface area contributed by atoms with Crippen molar-refractivity contribution in [3.63, 3.8) is 0 Å². The van der Waals surface area contributed by atoms with Crippen molar-refractivity contribution in [2.45, 2.75) is 19.3 Å². The zero-order valence-electron chi connectivity index (χ0n) is 6.10. The Bertz CT molecular complexity index is 265. The van der Waals surface area contributed by atoms with E-state index >= 15 is 0 Å². The molecule has 4 heteroatoms. The molecule has 0 amide bonds. The van der Waals surface area contributed by atoms with Crippen molar-refractivity contribution in [2.24, 2.45) is 5.92 Å². The number of anilines is 1. The standard InChI is InChI=1S/C7H10FN3/c8-6-5(3-4-1-2-4)10-11-7(6)9/h4H,1-3H2,(H3,9,10,11). The molecule has 0 spiro atoms.